The Morgan fingerprint density at radius 3 is 2.75 bits per heavy atom. The number of amides is 1. The van der Waals surface area contributed by atoms with Gasteiger partial charge in [-0.15, -0.1) is 0 Å². The predicted octanol–water partition coefficient (Wildman–Crippen LogP) is 2.96. The molecule has 0 aromatic heterocycles. The molecule has 2 unspecified atom stereocenters. The number of carbonyl (C=O) groups is 1. The van der Waals surface area contributed by atoms with Crippen LogP contribution in [0.4, 0.5) is 0 Å². The molecule has 0 spiro atoms. The first-order valence-electron chi connectivity index (χ1n) is 7.30. The van der Waals surface area contributed by atoms with Gasteiger partial charge in [0.15, 0.2) is 0 Å². The zero-order valence-corrected chi connectivity index (χ0v) is 13.4. The Morgan fingerprint density at radius 2 is 2.10 bits per heavy atom. The van der Waals surface area contributed by atoms with Gasteiger partial charge in [0, 0.05) is 6.54 Å². The summed E-state index contributed by atoms with van der Waals surface area (Å²) in [6.07, 6.45) is 4.04. The molecule has 1 fully saturated rings. The topological polar surface area (TPSA) is 32.3 Å². The second-order valence-electron chi connectivity index (χ2n) is 5.26. The average molecular weight is 292 g/mol. The molecule has 0 saturated carbocycles. The largest absolute Gasteiger partial charge is 0.322 e. The highest BCUT2D eigenvalue weighted by atomic mass is 32.2. The summed E-state index contributed by atoms with van der Waals surface area (Å²) in [6, 6.07) is 8.30. The summed E-state index contributed by atoms with van der Waals surface area (Å²) < 4.78 is 0. The van der Waals surface area contributed by atoms with Crippen molar-refractivity contribution in [3.05, 3.63) is 35.4 Å². The predicted molar refractivity (Wildman–Crippen MR) is 85.8 cm³/mol. The number of thioether (sulfide) groups is 1. The molecule has 1 heterocycles. The molecule has 3 nitrogen and oxygen atoms in total. The van der Waals surface area contributed by atoms with Gasteiger partial charge in [0.2, 0.25) is 5.91 Å². The summed E-state index contributed by atoms with van der Waals surface area (Å²) in [5, 5.41) is 3.49. The van der Waals surface area contributed by atoms with Crippen LogP contribution in [0.25, 0.3) is 0 Å². The van der Waals surface area contributed by atoms with Crippen LogP contribution < -0.4 is 5.32 Å². The smallest absolute Gasteiger partial charge is 0.241 e. The zero-order valence-electron chi connectivity index (χ0n) is 12.6. The molecule has 2 rings (SSSR count). The third kappa shape index (κ3) is 3.18. The van der Waals surface area contributed by atoms with Crippen LogP contribution in [0.3, 0.4) is 0 Å². The van der Waals surface area contributed by atoms with Gasteiger partial charge in [0.05, 0.1) is 6.04 Å². The molecule has 1 aromatic rings. The monoisotopic (exact) mass is 292 g/mol. The molecular formula is C16H24N2OS. The van der Waals surface area contributed by atoms with Crippen molar-refractivity contribution in [1.29, 1.82) is 0 Å². The molecule has 1 aliphatic heterocycles. The maximum absolute atomic E-state index is 12.5. The molecule has 4 heteroatoms. The van der Waals surface area contributed by atoms with Gasteiger partial charge in [0.25, 0.3) is 0 Å². The van der Waals surface area contributed by atoms with E-state index in [1.165, 1.54) is 11.1 Å². The number of benzene rings is 1. The van der Waals surface area contributed by atoms with E-state index in [2.05, 4.69) is 37.6 Å². The van der Waals surface area contributed by atoms with E-state index in [9.17, 15) is 4.79 Å². The molecule has 1 aliphatic rings. The first-order chi connectivity index (χ1) is 9.69. The Hall–Kier alpha value is -1.00. The number of hydrogen-bond acceptors (Lipinski definition) is 3. The SMILES string of the molecule is CCC1NC(c2ccccc2C)N(CCCSC)C1=O. The van der Waals surface area contributed by atoms with Crippen LogP contribution in [0.15, 0.2) is 24.3 Å². The average Bonchev–Trinajstić information content (AvgIpc) is 2.77. The maximum Gasteiger partial charge on any atom is 0.241 e. The van der Waals surface area contributed by atoms with Crippen LogP contribution >= 0.6 is 11.8 Å². The van der Waals surface area contributed by atoms with Gasteiger partial charge in [0.1, 0.15) is 6.17 Å². The molecule has 1 aromatic carbocycles. The van der Waals surface area contributed by atoms with Gasteiger partial charge in [-0.25, -0.2) is 0 Å². The molecule has 2 atom stereocenters. The Bertz CT molecular complexity index is 464. The van der Waals surface area contributed by atoms with E-state index in [-0.39, 0.29) is 18.1 Å². The fourth-order valence-corrected chi connectivity index (χ4v) is 3.16. The minimum Gasteiger partial charge on any atom is -0.322 e. The number of nitrogens with one attached hydrogen (secondary N) is 1. The van der Waals surface area contributed by atoms with Crippen molar-refractivity contribution in [3.8, 4) is 0 Å². The summed E-state index contributed by atoms with van der Waals surface area (Å²) in [7, 11) is 0. The minimum atomic E-state index is -0.0334. The standard InChI is InChI=1S/C16H24N2OS/c1-4-14-16(19)18(10-7-11-20-3)15(17-14)13-9-6-5-8-12(13)2/h5-6,8-9,14-15,17H,4,7,10-11H2,1-3H3. The van der Waals surface area contributed by atoms with Gasteiger partial charge < -0.3 is 4.90 Å². The fraction of sp³-hybridized carbons (Fsp3) is 0.562. The molecule has 20 heavy (non-hydrogen) atoms. The summed E-state index contributed by atoms with van der Waals surface area (Å²) in [6.45, 7) is 5.01. The highest BCUT2D eigenvalue weighted by Crippen LogP contribution is 2.28. The van der Waals surface area contributed by atoms with Crippen LogP contribution in [0.1, 0.15) is 37.1 Å². The van der Waals surface area contributed by atoms with Crippen molar-refractivity contribution >= 4 is 17.7 Å². The molecule has 1 amide bonds. The third-order valence-corrected chi connectivity index (χ3v) is 4.59. The van der Waals surface area contributed by atoms with E-state index < -0.39 is 0 Å². The molecular weight excluding hydrogens is 268 g/mol. The maximum atomic E-state index is 12.5. The van der Waals surface area contributed by atoms with Gasteiger partial charge in [-0.05, 0) is 42.9 Å². The Kier molecular flexibility index (Phi) is 5.49. The quantitative estimate of drug-likeness (QED) is 0.818. The van der Waals surface area contributed by atoms with Crippen molar-refractivity contribution < 1.29 is 4.79 Å². The van der Waals surface area contributed by atoms with Gasteiger partial charge in [-0.3, -0.25) is 10.1 Å². The van der Waals surface area contributed by atoms with Crippen molar-refractivity contribution in [2.45, 2.75) is 38.9 Å². The molecule has 0 bridgehead atoms. The lowest BCUT2D eigenvalue weighted by Crippen LogP contribution is -2.32. The summed E-state index contributed by atoms with van der Waals surface area (Å²) >= 11 is 1.83. The third-order valence-electron chi connectivity index (χ3n) is 3.89. The molecule has 110 valence electrons. The van der Waals surface area contributed by atoms with Gasteiger partial charge >= 0.3 is 0 Å². The van der Waals surface area contributed by atoms with E-state index in [1.54, 1.807) is 0 Å². The second-order valence-corrected chi connectivity index (χ2v) is 6.25. The molecule has 1 saturated heterocycles. The molecule has 0 radical (unpaired) electrons. The fourth-order valence-electron chi connectivity index (χ4n) is 2.74. The van der Waals surface area contributed by atoms with Crippen molar-refractivity contribution in [3.63, 3.8) is 0 Å². The number of carbonyl (C=O) groups excluding carboxylic acids is 1. The zero-order chi connectivity index (χ0) is 14.5. The van der Waals surface area contributed by atoms with Crippen molar-refractivity contribution in [1.82, 2.24) is 10.2 Å². The minimum absolute atomic E-state index is 0.0334. The lowest BCUT2D eigenvalue weighted by atomic mass is 10.1. The first-order valence-corrected chi connectivity index (χ1v) is 8.69. The number of nitrogens with zero attached hydrogens (tertiary/aromatic N) is 1. The number of hydrogen-bond donors (Lipinski definition) is 1. The van der Waals surface area contributed by atoms with Crippen LogP contribution in [0.2, 0.25) is 0 Å². The van der Waals surface area contributed by atoms with E-state index in [1.807, 2.05) is 28.8 Å². The highest BCUT2D eigenvalue weighted by Gasteiger charge is 2.38. The van der Waals surface area contributed by atoms with Crippen LogP contribution in [-0.4, -0.2) is 35.4 Å². The van der Waals surface area contributed by atoms with E-state index >= 15 is 0 Å². The van der Waals surface area contributed by atoms with Crippen molar-refractivity contribution in [2.75, 3.05) is 18.6 Å². The van der Waals surface area contributed by atoms with Crippen LogP contribution in [0.5, 0.6) is 0 Å². The molecule has 0 aliphatic carbocycles. The Morgan fingerprint density at radius 1 is 1.35 bits per heavy atom. The Labute approximate surface area is 126 Å². The van der Waals surface area contributed by atoms with E-state index in [0.717, 1.165) is 25.1 Å². The van der Waals surface area contributed by atoms with Crippen molar-refractivity contribution in [2.24, 2.45) is 0 Å². The lowest BCUT2D eigenvalue weighted by molar-refractivity contribution is -0.130. The first kappa shape index (κ1) is 15.4. The summed E-state index contributed by atoms with van der Waals surface area (Å²) in [5.74, 6) is 1.35. The van der Waals surface area contributed by atoms with E-state index in [4.69, 9.17) is 0 Å². The summed E-state index contributed by atoms with van der Waals surface area (Å²) in [4.78, 5) is 14.5. The van der Waals surface area contributed by atoms with E-state index in [0.29, 0.717) is 0 Å². The normalized spacial score (nSPS) is 22.6. The number of rotatable bonds is 6. The van der Waals surface area contributed by atoms with Gasteiger partial charge in [-0.2, -0.15) is 11.8 Å². The summed E-state index contributed by atoms with van der Waals surface area (Å²) in [5.41, 5.74) is 2.46. The highest BCUT2D eigenvalue weighted by molar-refractivity contribution is 7.98. The number of aryl methyl sites for hydroxylation is 1. The lowest BCUT2D eigenvalue weighted by Gasteiger charge is -2.25. The van der Waals surface area contributed by atoms with Crippen LogP contribution in [-0.2, 0) is 4.79 Å². The second kappa shape index (κ2) is 7.14. The van der Waals surface area contributed by atoms with Gasteiger partial charge in [-0.1, -0.05) is 31.2 Å². The molecule has 1 N–H and O–H groups in total. The van der Waals surface area contributed by atoms with Crippen LogP contribution in [0, 0.1) is 6.92 Å². The Balaban J connectivity index is 2.20.